The van der Waals surface area contributed by atoms with Gasteiger partial charge < -0.3 is 5.11 Å². The van der Waals surface area contributed by atoms with Crippen molar-refractivity contribution in [3.8, 4) is 5.75 Å². The van der Waals surface area contributed by atoms with Crippen LogP contribution in [0.2, 0.25) is 5.02 Å². The van der Waals surface area contributed by atoms with E-state index in [1.807, 2.05) is 0 Å². The number of nitrogens with zero attached hydrogens (tertiary/aromatic N) is 2. The Kier molecular flexibility index (Phi) is 6.80. The maximum Gasteiger partial charge on any atom is 0.312 e. The molecule has 0 aliphatic carbocycles. The summed E-state index contributed by atoms with van der Waals surface area (Å²) >= 11 is 10.1. The number of nitrogens with one attached hydrogen (secondary N) is 1. The van der Waals surface area contributed by atoms with E-state index >= 15 is 0 Å². The molecule has 0 aliphatic rings. The van der Waals surface area contributed by atoms with Gasteiger partial charge in [0.2, 0.25) is 11.7 Å². The number of thioether (sulfide) groups is 1. The van der Waals surface area contributed by atoms with E-state index in [0.717, 1.165) is 11.0 Å². The topological polar surface area (TPSA) is 105 Å². The number of nitro groups is 1. The molecule has 0 saturated carbocycles. The molecule has 2 N–H and O–H groups in total. The number of hydrazone groups is 1. The highest BCUT2D eigenvalue weighted by Gasteiger charge is 2.17. The van der Waals surface area contributed by atoms with Crippen LogP contribution in [0.25, 0.3) is 0 Å². The molecule has 2 rings (SSSR count). The van der Waals surface area contributed by atoms with Crippen molar-refractivity contribution in [2.24, 2.45) is 5.10 Å². The van der Waals surface area contributed by atoms with Gasteiger partial charge in [0, 0.05) is 21.5 Å². The van der Waals surface area contributed by atoms with Crippen molar-refractivity contribution in [1.29, 1.82) is 0 Å². The number of hydrogen-bond acceptors (Lipinski definition) is 6. The highest BCUT2D eigenvalue weighted by molar-refractivity contribution is 9.10. The van der Waals surface area contributed by atoms with Crippen molar-refractivity contribution in [2.75, 3.05) is 5.75 Å². The summed E-state index contributed by atoms with van der Waals surface area (Å²) in [5.41, 5.74) is 2.22. The van der Waals surface area contributed by atoms with E-state index in [-0.39, 0.29) is 16.1 Å². The number of amides is 1. The van der Waals surface area contributed by atoms with E-state index in [2.05, 4.69) is 26.5 Å². The maximum atomic E-state index is 11.7. The summed E-state index contributed by atoms with van der Waals surface area (Å²) in [5, 5.41) is 24.8. The smallest absolute Gasteiger partial charge is 0.312 e. The van der Waals surface area contributed by atoms with Gasteiger partial charge in [0.1, 0.15) is 0 Å². The zero-order valence-corrected chi connectivity index (χ0v) is 15.6. The zero-order valence-electron chi connectivity index (χ0n) is 12.5. The summed E-state index contributed by atoms with van der Waals surface area (Å²) in [6, 6.07) is 9.66. The average molecular weight is 445 g/mol. The van der Waals surface area contributed by atoms with Crippen LogP contribution in [-0.2, 0) is 4.79 Å². The molecule has 2 aromatic rings. The lowest BCUT2D eigenvalue weighted by Crippen LogP contribution is -2.19. The van der Waals surface area contributed by atoms with Crippen molar-refractivity contribution < 1.29 is 14.8 Å². The first-order valence-corrected chi connectivity index (χ1v) is 8.89. The number of nitro benzene ring substituents is 1. The van der Waals surface area contributed by atoms with Gasteiger partial charge in [-0.3, -0.25) is 14.9 Å². The van der Waals surface area contributed by atoms with Crippen LogP contribution in [0.1, 0.15) is 5.56 Å². The van der Waals surface area contributed by atoms with Crippen LogP contribution < -0.4 is 5.43 Å². The molecule has 7 nitrogen and oxygen atoms in total. The van der Waals surface area contributed by atoms with Crippen LogP contribution >= 0.6 is 39.3 Å². The van der Waals surface area contributed by atoms with Crippen molar-refractivity contribution >= 4 is 57.1 Å². The number of aromatic hydroxyl groups is 1. The summed E-state index contributed by atoms with van der Waals surface area (Å²) in [6.45, 7) is 0. The number of carbonyl (C=O) groups is 1. The molecule has 1 amide bonds. The second-order valence-electron chi connectivity index (χ2n) is 4.66. The van der Waals surface area contributed by atoms with Gasteiger partial charge in [0.25, 0.3) is 0 Å². The van der Waals surface area contributed by atoms with E-state index < -0.39 is 16.4 Å². The normalized spacial score (nSPS) is 10.8. The monoisotopic (exact) mass is 443 g/mol. The third kappa shape index (κ3) is 5.73. The van der Waals surface area contributed by atoms with E-state index in [0.29, 0.717) is 10.6 Å². The van der Waals surface area contributed by atoms with E-state index in [1.165, 1.54) is 24.0 Å². The fraction of sp³-hybridized carbons (Fsp3) is 0.0667. The minimum atomic E-state index is -0.710. The second-order valence-corrected chi connectivity index (χ2v) is 7.00. The van der Waals surface area contributed by atoms with Gasteiger partial charge in [-0.15, -0.1) is 11.8 Å². The fourth-order valence-electron chi connectivity index (χ4n) is 1.71. The van der Waals surface area contributed by atoms with E-state index in [1.54, 1.807) is 24.3 Å². The number of hydrogen-bond donors (Lipinski definition) is 2. The first-order valence-electron chi connectivity index (χ1n) is 6.74. The molecule has 0 unspecified atom stereocenters. The lowest BCUT2D eigenvalue weighted by Gasteiger charge is -2.02. The van der Waals surface area contributed by atoms with Crippen molar-refractivity contribution in [1.82, 2.24) is 5.43 Å². The Morgan fingerprint density at radius 3 is 2.72 bits per heavy atom. The van der Waals surface area contributed by atoms with Crippen LogP contribution in [0.15, 0.2) is 50.9 Å². The lowest BCUT2D eigenvalue weighted by molar-refractivity contribution is -0.386. The molecule has 25 heavy (non-hydrogen) atoms. The van der Waals surface area contributed by atoms with Crippen LogP contribution in [-0.4, -0.2) is 27.9 Å². The summed E-state index contributed by atoms with van der Waals surface area (Å²) in [5.74, 6) is -0.646. The van der Waals surface area contributed by atoms with Gasteiger partial charge >= 0.3 is 5.69 Å². The molecular formula is C15H11BrClN3O4S. The van der Waals surface area contributed by atoms with Gasteiger partial charge in [-0.05, 0) is 46.3 Å². The summed E-state index contributed by atoms with van der Waals surface area (Å²) in [4.78, 5) is 22.8. The van der Waals surface area contributed by atoms with Crippen LogP contribution in [0.5, 0.6) is 5.75 Å². The quantitative estimate of drug-likeness (QED) is 0.304. The third-order valence-electron chi connectivity index (χ3n) is 2.85. The Morgan fingerprint density at radius 1 is 1.40 bits per heavy atom. The van der Waals surface area contributed by atoms with E-state index in [4.69, 9.17) is 11.6 Å². The van der Waals surface area contributed by atoms with Crippen LogP contribution in [0.3, 0.4) is 0 Å². The van der Waals surface area contributed by atoms with Gasteiger partial charge in [0.05, 0.1) is 21.4 Å². The SMILES string of the molecule is O=C(CSc1ccc(Cl)cc1)N/N=C\c1cc(Br)c(O)c([N+](=O)[O-])c1. The maximum absolute atomic E-state index is 11.7. The standard InChI is InChI=1S/C15H11BrClN3O4S/c16-12-5-9(6-13(15(12)22)20(23)24)7-18-19-14(21)8-25-11-3-1-10(17)2-4-11/h1-7,22H,8H2,(H,19,21)/b18-7-. The number of rotatable bonds is 6. The van der Waals surface area contributed by atoms with E-state index in [9.17, 15) is 20.0 Å². The number of carbonyl (C=O) groups excluding carboxylic acids is 1. The minimum absolute atomic E-state index is 0.151. The highest BCUT2D eigenvalue weighted by atomic mass is 79.9. The van der Waals surface area contributed by atoms with Gasteiger partial charge in [-0.2, -0.15) is 5.10 Å². The van der Waals surface area contributed by atoms with Crippen molar-refractivity contribution in [3.05, 3.63) is 61.6 Å². The Morgan fingerprint density at radius 2 is 2.08 bits per heavy atom. The predicted molar refractivity (Wildman–Crippen MR) is 100 cm³/mol. The molecule has 0 radical (unpaired) electrons. The molecule has 0 bridgehead atoms. The lowest BCUT2D eigenvalue weighted by atomic mass is 10.2. The summed E-state index contributed by atoms with van der Waals surface area (Å²) in [7, 11) is 0. The number of halogens is 2. The molecule has 2 aromatic carbocycles. The molecule has 0 spiro atoms. The molecular weight excluding hydrogens is 434 g/mol. The number of phenolic OH excluding ortho intramolecular Hbond substituents is 1. The third-order valence-corrected chi connectivity index (χ3v) is 4.72. The molecule has 0 aliphatic heterocycles. The summed E-state index contributed by atoms with van der Waals surface area (Å²) in [6.07, 6.45) is 1.25. The van der Waals surface area contributed by atoms with Crippen LogP contribution in [0.4, 0.5) is 5.69 Å². The number of benzene rings is 2. The first kappa shape index (κ1) is 19.2. The summed E-state index contributed by atoms with van der Waals surface area (Å²) < 4.78 is 0.160. The Bertz CT molecular complexity index is 830. The zero-order chi connectivity index (χ0) is 18.4. The molecule has 10 heteroatoms. The van der Waals surface area contributed by atoms with Crippen LogP contribution in [0, 0.1) is 10.1 Å². The number of phenols is 1. The Hall–Kier alpha value is -2.10. The molecule has 0 saturated heterocycles. The highest BCUT2D eigenvalue weighted by Crippen LogP contribution is 2.34. The molecule has 0 fully saturated rings. The minimum Gasteiger partial charge on any atom is -0.501 e. The molecule has 130 valence electrons. The van der Waals surface area contributed by atoms with Crippen molar-refractivity contribution in [2.45, 2.75) is 4.90 Å². The molecule has 0 aromatic heterocycles. The fourth-order valence-corrected chi connectivity index (χ4v) is 2.99. The van der Waals surface area contributed by atoms with Gasteiger partial charge in [-0.1, -0.05) is 11.6 Å². The Balaban J connectivity index is 1.93. The average Bonchev–Trinajstić information content (AvgIpc) is 2.57. The van der Waals surface area contributed by atoms with Gasteiger partial charge in [0.15, 0.2) is 0 Å². The predicted octanol–water partition coefficient (Wildman–Crippen LogP) is 3.96. The van der Waals surface area contributed by atoms with Gasteiger partial charge in [-0.25, -0.2) is 5.43 Å². The Labute approximate surface area is 160 Å². The molecule has 0 heterocycles. The van der Waals surface area contributed by atoms with Crippen molar-refractivity contribution in [3.63, 3.8) is 0 Å². The first-order chi connectivity index (χ1) is 11.9. The second kappa shape index (κ2) is 8.84. The molecule has 0 atom stereocenters. The largest absolute Gasteiger partial charge is 0.501 e.